The van der Waals surface area contributed by atoms with Gasteiger partial charge < -0.3 is 4.90 Å². The Bertz CT molecular complexity index is 662. The zero-order valence-corrected chi connectivity index (χ0v) is 11.5. The minimum Gasteiger partial charge on any atom is -0.314 e. The van der Waals surface area contributed by atoms with Crippen LogP contribution >= 0.6 is 0 Å². The third-order valence-electron chi connectivity index (χ3n) is 4.22. The van der Waals surface area contributed by atoms with Gasteiger partial charge in [0.15, 0.2) is 0 Å². The molecule has 1 atom stereocenters. The number of hydrogen-bond acceptors (Lipinski definition) is 1. The third-order valence-corrected chi connectivity index (χ3v) is 4.22. The highest BCUT2D eigenvalue weighted by Crippen LogP contribution is 2.45. The second-order valence-corrected chi connectivity index (χ2v) is 5.32. The molecule has 0 saturated carbocycles. The molecule has 0 fully saturated rings. The van der Waals surface area contributed by atoms with Gasteiger partial charge in [0.25, 0.3) is 0 Å². The van der Waals surface area contributed by atoms with Gasteiger partial charge in [0, 0.05) is 12.7 Å². The Morgan fingerprint density at radius 2 is 1.53 bits per heavy atom. The first-order valence-corrected chi connectivity index (χ1v) is 6.50. The van der Waals surface area contributed by atoms with Crippen LogP contribution < -0.4 is 4.90 Å². The summed E-state index contributed by atoms with van der Waals surface area (Å²) in [5.74, 6) is 0.142. The number of hydrogen-bond donors (Lipinski definition) is 0. The fourth-order valence-electron chi connectivity index (χ4n) is 3.14. The van der Waals surface area contributed by atoms with Gasteiger partial charge >= 0.3 is 0 Å². The van der Waals surface area contributed by atoms with Crippen molar-refractivity contribution in [3.05, 3.63) is 65.2 Å². The van der Waals surface area contributed by atoms with Gasteiger partial charge in [-0.25, -0.2) is 0 Å². The van der Waals surface area contributed by atoms with Crippen LogP contribution in [0.1, 0.15) is 23.6 Å². The third kappa shape index (κ3) is 1.46. The molecule has 0 N–H and O–H groups in total. The van der Waals surface area contributed by atoms with Crippen LogP contribution in [0.5, 0.6) is 0 Å². The predicted octanol–water partition coefficient (Wildman–Crippen LogP) is 3.28. The summed E-state index contributed by atoms with van der Waals surface area (Å²) in [5, 5.41) is 0. The molecule has 0 saturated heterocycles. The average Bonchev–Trinajstić information content (AvgIpc) is 2.63. The molecule has 1 aliphatic heterocycles. The Morgan fingerprint density at radius 1 is 0.947 bits per heavy atom. The van der Waals surface area contributed by atoms with Crippen LogP contribution in [0.15, 0.2) is 48.5 Å². The fraction of sp³-hybridized carbons (Fsp3) is 0.235. The molecule has 96 valence electrons. The first-order valence-electron chi connectivity index (χ1n) is 6.50. The number of rotatable bonds is 1. The monoisotopic (exact) mass is 251 g/mol. The Labute approximate surface area is 113 Å². The number of anilines is 1. The van der Waals surface area contributed by atoms with E-state index in [2.05, 4.69) is 25.1 Å². The first-order chi connectivity index (χ1) is 9.06. The Hall–Kier alpha value is -2.09. The summed E-state index contributed by atoms with van der Waals surface area (Å²) in [7, 11) is 1.85. The van der Waals surface area contributed by atoms with E-state index in [1.807, 2.05) is 44.3 Å². The van der Waals surface area contributed by atoms with E-state index in [0.717, 1.165) is 22.4 Å². The number of amides is 1. The molecule has 0 radical (unpaired) electrons. The number of nitrogens with zero attached hydrogens (tertiary/aromatic N) is 1. The Kier molecular flexibility index (Phi) is 2.49. The molecule has 19 heavy (non-hydrogen) atoms. The largest absolute Gasteiger partial charge is 0.314 e. The highest BCUT2D eigenvalue weighted by molar-refractivity contribution is 6.09. The van der Waals surface area contributed by atoms with Crippen molar-refractivity contribution in [3.63, 3.8) is 0 Å². The zero-order chi connectivity index (χ0) is 13.6. The Morgan fingerprint density at radius 3 is 2.21 bits per heavy atom. The number of carbonyl (C=O) groups excluding carboxylic acids is 1. The first kappa shape index (κ1) is 12.0. The summed E-state index contributed by atoms with van der Waals surface area (Å²) in [6, 6.07) is 16.2. The van der Waals surface area contributed by atoms with Crippen LogP contribution in [0, 0.1) is 6.92 Å². The van der Waals surface area contributed by atoms with Crippen molar-refractivity contribution in [1.29, 1.82) is 0 Å². The number of fused-ring (bicyclic) bond motifs is 1. The SMILES string of the molecule is Cc1ccccc1[C@@]1(C)C(=O)N(C)c2ccccc21. The van der Waals surface area contributed by atoms with Crippen molar-refractivity contribution in [2.75, 3.05) is 11.9 Å². The lowest BCUT2D eigenvalue weighted by Gasteiger charge is -2.25. The van der Waals surface area contributed by atoms with Gasteiger partial charge in [-0.15, -0.1) is 0 Å². The van der Waals surface area contributed by atoms with Crippen LogP contribution in [-0.2, 0) is 10.2 Å². The number of aryl methyl sites for hydroxylation is 1. The van der Waals surface area contributed by atoms with Crippen molar-refractivity contribution < 1.29 is 4.79 Å². The van der Waals surface area contributed by atoms with Gasteiger partial charge in [-0.3, -0.25) is 4.79 Å². The standard InChI is InChI=1S/C17H17NO/c1-12-8-4-5-9-13(12)17(2)14-10-6-7-11-15(14)18(3)16(17)19/h4-11H,1-3H3/t17-/m1/s1. The number of carbonyl (C=O) groups is 1. The van der Waals surface area contributed by atoms with E-state index in [1.165, 1.54) is 0 Å². The normalized spacial score (nSPS) is 21.6. The minimum atomic E-state index is -0.573. The maximum Gasteiger partial charge on any atom is 0.241 e. The smallest absolute Gasteiger partial charge is 0.241 e. The van der Waals surface area contributed by atoms with Crippen molar-refractivity contribution in [3.8, 4) is 0 Å². The molecule has 2 aromatic rings. The van der Waals surface area contributed by atoms with E-state index in [-0.39, 0.29) is 5.91 Å². The lowest BCUT2D eigenvalue weighted by Crippen LogP contribution is -2.37. The molecule has 1 aliphatic rings. The molecule has 3 rings (SSSR count). The summed E-state index contributed by atoms with van der Waals surface area (Å²) in [4.78, 5) is 14.5. The van der Waals surface area contributed by atoms with Crippen molar-refractivity contribution in [2.45, 2.75) is 19.3 Å². The fourth-order valence-corrected chi connectivity index (χ4v) is 3.14. The van der Waals surface area contributed by atoms with Crippen molar-refractivity contribution >= 4 is 11.6 Å². The molecule has 0 aliphatic carbocycles. The van der Waals surface area contributed by atoms with Gasteiger partial charge in [0.05, 0.1) is 5.41 Å². The van der Waals surface area contributed by atoms with E-state index >= 15 is 0 Å². The second-order valence-electron chi connectivity index (χ2n) is 5.32. The molecule has 1 heterocycles. The second kappa shape index (κ2) is 3.95. The summed E-state index contributed by atoms with van der Waals surface area (Å²) in [6.07, 6.45) is 0. The molecule has 1 amide bonds. The van der Waals surface area contributed by atoms with Crippen LogP contribution in [0.2, 0.25) is 0 Å². The highest BCUT2D eigenvalue weighted by atomic mass is 16.2. The summed E-state index contributed by atoms with van der Waals surface area (Å²) in [6.45, 7) is 4.09. The number of benzene rings is 2. The topological polar surface area (TPSA) is 20.3 Å². The molecule has 0 bridgehead atoms. The average molecular weight is 251 g/mol. The molecule has 2 heteroatoms. The summed E-state index contributed by atoms with van der Waals surface area (Å²) < 4.78 is 0. The van der Waals surface area contributed by atoms with Crippen LogP contribution in [0.3, 0.4) is 0 Å². The summed E-state index contributed by atoms with van der Waals surface area (Å²) in [5.41, 5.74) is 3.78. The van der Waals surface area contributed by atoms with Crippen LogP contribution in [0.4, 0.5) is 5.69 Å². The van der Waals surface area contributed by atoms with E-state index in [4.69, 9.17) is 0 Å². The molecule has 0 aromatic heterocycles. The van der Waals surface area contributed by atoms with Gasteiger partial charge in [-0.2, -0.15) is 0 Å². The van der Waals surface area contributed by atoms with Gasteiger partial charge in [0.1, 0.15) is 0 Å². The van der Waals surface area contributed by atoms with Crippen LogP contribution in [0.25, 0.3) is 0 Å². The maximum atomic E-state index is 12.8. The maximum absolute atomic E-state index is 12.8. The van der Waals surface area contributed by atoms with Gasteiger partial charge in [0.2, 0.25) is 5.91 Å². The lowest BCUT2D eigenvalue weighted by molar-refractivity contribution is -0.121. The van der Waals surface area contributed by atoms with E-state index in [9.17, 15) is 4.79 Å². The van der Waals surface area contributed by atoms with E-state index in [1.54, 1.807) is 4.90 Å². The minimum absolute atomic E-state index is 0.142. The number of likely N-dealkylation sites (N-methyl/N-ethyl adjacent to an activating group) is 1. The molecular weight excluding hydrogens is 234 g/mol. The van der Waals surface area contributed by atoms with Gasteiger partial charge in [-0.05, 0) is 36.6 Å². The summed E-state index contributed by atoms with van der Waals surface area (Å²) >= 11 is 0. The molecular formula is C17H17NO. The van der Waals surface area contributed by atoms with Crippen LogP contribution in [-0.4, -0.2) is 13.0 Å². The van der Waals surface area contributed by atoms with Crippen molar-refractivity contribution in [1.82, 2.24) is 0 Å². The van der Waals surface area contributed by atoms with Crippen molar-refractivity contribution in [2.24, 2.45) is 0 Å². The Balaban J connectivity index is 2.31. The van der Waals surface area contributed by atoms with E-state index in [0.29, 0.717) is 0 Å². The molecule has 0 unspecified atom stereocenters. The quantitative estimate of drug-likeness (QED) is 0.761. The molecule has 2 nitrogen and oxygen atoms in total. The van der Waals surface area contributed by atoms with E-state index < -0.39 is 5.41 Å². The zero-order valence-electron chi connectivity index (χ0n) is 11.5. The number of para-hydroxylation sites is 1. The van der Waals surface area contributed by atoms with Gasteiger partial charge in [-0.1, -0.05) is 42.5 Å². The molecule has 2 aromatic carbocycles. The lowest BCUT2D eigenvalue weighted by atomic mass is 9.75. The molecule has 0 spiro atoms. The predicted molar refractivity (Wildman–Crippen MR) is 77.5 cm³/mol. The highest BCUT2D eigenvalue weighted by Gasteiger charge is 2.47.